The Labute approximate surface area is 225 Å². The highest BCUT2D eigenvalue weighted by Crippen LogP contribution is 2.28. The van der Waals surface area contributed by atoms with Gasteiger partial charge in [0, 0.05) is 19.8 Å². The van der Waals surface area contributed by atoms with Crippen LogP contribution >= 0.6 is 0 Å². The minimum absolute atomic E-state index is 0.130. The third kappa shape index (κ3) is 7.36. The third-order valence-electron chi connectivity index (χ3n) is 7.24. The topological polar surface area (TPSA) is 96.3 Å². The molecule has 1 fully saturated rings. The predicted octanol–water partition coefficient (Wildman–Crippen LogP) is 4.87. The van der Waals surface area contributed by atoms with Gasteiger partial charge in [-0.05, 0) is 56.4 Å². The van der Waals surface area contributed by atoms with Gasteiger partial charge in [0.05, 0.1) is 11.6 Å². The lowest BCUT2D eigenvalue weighted by Gasteiger charge is -2.27. The van der Waals surface area contributed by atoms with Crippen molar-refractivity contribution >= 4 is 23.4 Å². The van der Waals surface area contributed by atoms with Crippen LogP contribution in [0.3, 0.4) is 0 Å². The number of anilines is 1. The second-order valence-electron chi connectivity index (χ2n) is 9.84. The number of carbonyl (C=O) groups excluding carboxylic acids is 3. The van der Waals surface area contributed by atoms with E-state index < -0.39 is 48.2 Å². The quantitative estimate of drug-likeness (QED) is 0.249. The Morgan fingerprint density at radius 2 is 1.77 bits per heavy atom. The van der Waals surface area contributed by atoms with Crippen LogP contribution in [0.2, 0.25) is 0 Å². The molecule has 0 aliphatic heterocycles. The number of benzene rings is 1. The summed E-state index contributed by atoms with van der Waals surface area (Å²) in [5, 5.41) is 9.48. The van der Waals surface area contributed by atoms with Gasteiger partial charge in [-0.3, -0.25) is 19.1 Å². The first kappa shape index (κ1) is 30.1. The van der Waals surface area contributed by atoms with E-state index in [1.165, 1.54) is 29.9 Å². The molecule has 0 spiro atoms. The maximum absolute atomic E-state index is 15.0. The largest absolute Gasteiger partial charge is 0.339 e. The van der Waals surface area contributed by atoms with Crippen molar-refractivity contribution in [2.75, 3.05) is 12.4 Å². The molecule has 0 bridgehead atoms. The van der Waals surface area contributed by atoms with Crippen LogP contribution in [0.5, 0.6) is 0 Å². The summed E-state index contributed by atoms with van der Waals surface area (Å²) < 4.78 is 55.5. The summed E-state index contributed by atoms with van der Waals surface area (Å²) in [5.41, 5.74) is 0.273. The second kappa shape index (κ2) is 13.6. The molecule has 3 rings (SSSR count). The Kier molecular flexibility index (Phi) is 10.5. The van der Waals surface area contributed by atoms with Gasteiger partial charge in [0.25, 0.3) is 12.3 Å². The maximum atomic E-state index is 15.0. The van der Waals surface area contributed by atoms with Gasteiger partial charge in [-0.15, -0.1) is 0 Å². The Balaban J connectivity index is 1.78. The SMILES string of the molecule is CCn1nccc1C(=O)N[C@H](C(=O)Nc1ccc(C(C)C(=O)N(C)C(F)C(F)F)cc1F)C1CCCCCC1. The third-order valence-corrected chi connectivity index (χ3v) is 7.24. The minimum Gasteiger partial charge on any atom is -0.339 e. The molecule has 1 aliphatic rings. The molecule has 214 valence electrons. The molecule has 39 heavy (non-hydrogen) atoms. The molecule has 8 nitrogen and oxygen atoms in total. The fraction of sp³-hybridized carbons (Fsp3) is 0.556. The first-order valence-corrected chi connectivity index (χ1v) is 13.2. The number of amides is 3. The van der Waals surface area contributed by atoms with E-state index in [1.54, 1.807) is 6.07 Å². The number of carbonyl (C=O) groups is 3. The number of aromatic nitrogens is 2. The van der Waals surface area contributed by atoms with Crippen molar-refractivity contribution in [1.29, 1.82) is 0 Å². The van der Waals surface area contributed by atoms with Crippen molar-refractivity contribution in [3.63, 3.8) is 0 Å². The van der Waals surface area contributed by atoms with Crippen LogP contribution in [0.15, 0.2) is 30.5 Å². The molecule has 0 saturated heterocycles. The number of hydrogen-bond donors (Lipinski definition) is 2. The van der Waals surface area contributed by atoms with Crippen molar-refractivity contribution in [2.24, 2.45) is 5.92 Å². The molecule has 12 heteroatoms. The van der Waals surface area contributed by atoms with E-state index in [0.29, 0.717) is 12.2 Å². The smallest absolute Gasteiger partial charge is 0.287 e. The Morgan fingerprint density at radius 3 is 2.36 bits per heavy atom. The summed E-state index contributed by atoms with van der Waals surface area (Å²) in [6.07, 6.45) is 0.690. The summed E-state index contributed by atoms with van der Waals surface area (Å²) in [4.78, 5) is 39.1. The standard InChI is InChI=1S/C27H35F4N5O3/c1-4-36-21(13-14-32-36)25(37)34-22(17-9-7-5-6-8-10-17)26(38)33-20-12-11-18(15-19(20)28)16(2)27(39)35(3)24(31)23(29)30/h11-17,22-24H,4-10H2,1-3H3,(H,33,38)(H,34,37)/t16?,22-,24?/m0/s1. The van der Waals surface area contributed by atoms with E-state index in [2.05, 4.69) is 15.7 Å². The molecule has 1 aliphatic carbocycles. The van der Waals surface area contributed by atoms with Gasteiger partial charge < -0.3 is 15.5 Å². The van der Waals surface area contributed by atoms with Crippen LogP contribution in [0.1, 0.15) is 74.3 Å². The highest BCUT2D eigenvalue weighted by molar-refractivity contribution is 6.00. The monoisotopic (exact) mass is 553 g/mol. The molecule has 1 aromatic heterocycles. The molecule has 3 atom stereocenters. The highest BCUT2D eigenvalue weighted by Gasteiger charge is 2.33. The summed E-state index contributed by atoms with van der Waals surface area (Å²) in [6.45, 7) is 3.66. The van der Waals surface area contributed by atoms with Crippen LogP contribution in [-0.4, -0.2) is 58.2 Å². The van der Waals surface area contributed by atoms with Crippen molar-refractivity contribution < 1.29 is 31.9 Å². The average Bonchev–Trinajstić information content (AvgIpc) is 3.25. The Hall–Kier alpha value is -3.44. The fourth-order valence-electron chi connectivity index (χ4n) is 4.89. The lowest BCUT2D eigenvalue weighted by Crippen LogP contribution is -2.49. The number of aryl methyl sites for hydroxylation is 1. The molecule has 1 aromatic carbocycles. The normalized spacial score (nSPS) is 16.7. The van der Waals surface area contributed by atoms with Crippen molar-refractivity contribution in [3.05, 3.63) is 47.5 Å². The molecular formula is C27H35F4N5O3. The van der Waals surface area contributed by atoms with Crippen molar-refractivity contribution in [3.8, 4) is 0 Å². The van der Waals surface area contributed by atoms with E-state index >= 15 is 4.39 Å². The summed E-state index contributed by atoms with van der Waals surface area (Å²) >= 11 is 0. The molecule has 1 saturated carbocycles. The van der Waals surface area contributed by atoms with Crippen LogP contribution in [0.4, 0.5) is 23.2 Å². The molecule has 2 aromatic rings. The van der Waals surface area contributed by atoms with E-state index in [4.69, 9.17) is 0 Å². The van der Waals surface area contributed by atoms with Gasteiger partial charge in [-0.25, -0.2) is 17.6 Å². The highest BCUT2D eigenvalue weighted by atomic mass is 19.3. The number of rotatable bonds is 10. The van der Waals surface area contributed by atoms with Gasteiger partial charge in [0.2, 0.25) is 18.1 Å². The first-order chi connectivity index (χ1) is 18.5. The Morgan fingerprint density at radius 1 is 1.10 bits per heavy atom. The number of likely N-dealkylation sites (N-methyl/N-ethyl adjacent to an activating group) is 1. The average molecular weight is 554 g/mol. The number of alkyl halides is 3. The molecule has 3 amide bonds. The van der Waals surface area contributed by atoms with Crippen LogP contribution < -0.4 is 10.6 Å². The van der Waals surface area contributed by atoms with E-state index in [-0.39, 0.29) is 22.1 Å². The second-order valence-corrected chi connectivity index (χ2v) is 9.84. The number of nitrogens with one attached hydrogen (secondary N) is 2. The maximum Gasteiger partial charge on any atom is 0.287 e. The lowest BCUT2D eigenvalue weighted by molar-refractivity contribution is -0.143. The number of halogens is 4. The fourth-order valence-corrected chi connectivity index (χ4v) is 4.89. The van der Waals surface area contributed by atoms with E-state index in [9.17, 15) is 27.6 Å². The summed E-state index contributed by atoms with van der Waals surface area (Å²) in [6, 6.07) is 4.26. The van der Waals surface area contributed by atoms with Crippen molar-refractivity contribution in [2.45, 2.75) is 83.6 Å². The number of nitrogens with zero attached hydrogens (tertiary/aromatic N) is 3. The van der Waals surface area contributed by atoms with Crippen molar-refractivity contribution in [1.82, 2.24) is 20.0 Å². The zero-order valence-electron chi connectivity index (χ0n) is 22.3. The predicted molar refractivity (Wildman–Crippen MR) is 137 cm³/mol. The van der Waals surface area contributed by atoms with Gasteiger partial charge >= 0.3 is 0 Å². The van der Waals surface area contributed by atoms with Gasteiger partial charge in [-0.1, -0.05) is 31.7 Å². The van der Waals surface area contributed by atoms with Gasteiger partial charge in [-0.2, -0.15) is 5.10 Å². The van der Waals surface area contributed by atoms with Gasteiger partial charge in [0.1, 0.15) is 17.6 Å². The summed E-state index contributed by atoms with van der Waals surface area (Å²) in [5.74, 6) is -4.09. The zero-order chi connectivity index (χ0) is 28.7. The Bertz CT molecular complexity index is 1150. The van der Waals surface area contributed by atoms with E-state index in [0.717, 1.165) is 51.6 Å². The lowest BCUT2D eigenvalue weighted by atomic mass is 9.90. The van der Waals surface area contributed by atoms with E-state index in [1.807, 2.05) is 6.92 Å². The molecule has 2 N–H and O–H groups in total. The molecule has 1 heterocycles. The molecule has 0 radical (unpaired) electrons. The molecular weight excluding hydrogens is 518 g/mol. The van der Waals surface area contributed by atoms with Crippen LogP contribution in [0.25, 0.3) is 0 Å². The molecule has 2 unspecified atom stereocenters. The number of hydrogen-bond acceptors (Lipinski definition) is 4. The van der Waals surface area contributed by atoms with Gasteiger partial charge in [0.15, 0.2) is 0 Å². The zero-order valence-corrected chi connectivity index (χ0v) is 22.3. The summed E-state index contributed by atoms with van der Waals surface area (Å²) in [7, 11) is 0.913. The van der Waals surface area contributed by atoms with Crippen LogP contribution in [0, 0.1) is 11.7 Å². The minimum atomic E-state index is -3.37. The first-order valence-electron chi connectivity index (χ1n) is 13.2. The van der Waals surface area contributed by atoms with Crippen LogP contribution in [-0.2, 0) is 16.1 Å².